The maximum absolute atomic E-state index is 13.8. The molecule has 6 nitrogen and oxygen atoms in total. The standard InChI is InChI=1S/C21H19F5N5O/c1-32-18-7-5-15(31-20(21(24,25)26)28-29-30-31)10-14(18)9-12-3-2-8-27-19(12)13-4-6-16(22)17(23)11-13/h4-7,9-12,19,27H,2-3,8H2,1H3/t12-,19-/m0/s1. The Kier molecular flexibility index (Phi) is 6.09. The molecule has 1 N–H and O–H groups in total. The number of nitrogens with one attached hydrogen (secondary N) is 1. The van der Waals surface area contributed by atoms with E-state index in [4.69, 9.17) is 4.74 Å². The van der Waals surface area contributed by atoms with E-state index in [0.717, 1.165) is 25.0 Å². The van der Waals surface area contributed by atoms with Gasteiger partial charge in [-0.15, -0.1) is 5.10 Å². The lowest BCUT2D eigenvalue weighted by Gasteiger charge is -2.33. The van der Waals surface area contributed by atoms with Crippen molar-refractivity contribution < 1.29 is 26.7 Å². The molecule has 2 aromatic carbocycles. The third-order valence-corrected chi connectivity index (χ3v) is 5.38. The van der Waals surface area contributed by atoms with Gasteiger partial charge in [0, 0.05) is 11.6 Å². The van der Waals surface area contributed by atoms with Crippen LogP contribution in [-0.4, -0.2) is 33.9 Å². The zero-order valence-electron chi connectivity index (χ0n) is 16.9. The Labute approximate surface area is 180 Å². The average molecular weight is 452 g/mol. The Hall–Kier alpha value is -3.08. The van der Waals surface area contributed by atoms with Crippen molar-refractivity contribution >= 4 is 0 Å². The molecule has 169 valence electrons. The first-order valence-electron chi connectivity index (χ1n) is 9.85. The van der Waals surface area contributed by atoms with Crippen LogP contribution in [0.1, 0.15) is 35.8 Å². The van der Waals surface area contributed by atoms with E-state index in [-0.39, 0.29) is 17.6 Å². The van der Waals surface area contributed by atoms with Crippen LogP contribution in [0, 0.1) is 24.0 Å². The minimum Gasteiger partial charge on any atom is -0.496 e. The number of hydrogen-bond acceptors (Lipinski definition) is 5. The number of benzene rings is 2. The van der Waals surface area contributed by atoms with Crippen LogP contribution < -0.4 is 10.1 Å². The first-order chi connectivity index (χ1) is 15.3. The first kappa shape index (κ1) is 22.1. The van der Waals surface area contributed by atoms with Gasteiger partial charge in [0.05, 0.1) is 12.8 Å². The molecule has 32 heavy (non-hydrogen) atoms. The summed E-state index contributed by atoms with van der Waals surface area (Å²) in [5, 5.41) is 13.0. The molecular formula is C21H19F5N5O. The maximum Gasteiger partial charge on any atom is 0.453 e. The topological polar surface area (TPSA) is 64.9 Å². The van der Waals surface area contributed by atoms with Gasteiger partial charge in [-0.25, -0.2) is 8.78 Å². The SMILES string of the molecule is COc1ccc(-n2nnnc2C(F)(F)F)cc1[CH][C@@H]1CCCN[C@@H]1c1ccc(F)c(F)c1. The summed E-state index contributed by atoms with van der Waals surface area (Å²) in [5.74, 6) is -2.81. The van der Waals surface area contributed by atoms with Crippen LogP contribution in [-0.2, 0) is 6.18 Å². The molecule has 0 spiro atoms. The van der Waals surface area contributed by atoms with E-state index >= 15 is 0 Å². The van der Waals surface area contributed by atoms with E-state index < -0.39 is 23.6 Å². The molecule has 2 heterocycles. The zero-order chi connectivity index (χ0) is 22.9. The van der Waals surface area contributed by atoms with E-state index in [1.54, 1.807) is 0 Å². The molecule has 1 saturated heterocycles. The van der Waals surface area contributed by atoms with Gasteiger partial charge in [-0.05, 0) is 78.0 Å². The Bertz CT molecular complexity index is 1100. The molecule has 11 heteroatoms. The van der Waals surface area contributed by atoms with E-state index in [1.807, 2.05) is 6.42 Å². The molecule has 1 radical (unpaired) electrons. The number of nitrogens with zero attached hydrogens (tertiary/aromatic N) is 4. The number of rotatable bonds is 5. The second-order valence-electron chi connectivity index (χ2n) is 7.42. The van der Waals surface area contributed by atoms with Gasteiger partial charge in [0.15, 0.2) is 11.6 Å². The highest BCUT2D eigenvalue weighted by Gasteiger charge is 2.38. The fourth-order valence-corrected chi connectivity index (χ4v) is 3.92. The smallest absolute Gasteiger partial charge is 0.453 e. The lowest BCUT2D eigenvalue weighted by Crippen LogP contribution is -2.34. The Morgan fingerprint density at radius 1 is 1.12 bits per heavy atom. The van der Waals surface area contributed by atoms with Gasteiger partial charge in [-0.3, -0.25) is 0 Å². The van der Waals surface area contributed by atoms with E-state index in [9.17, 15) is 22.0 Å². The minimum absolute atomic E-state index is 0.113. The van der Waals surface area contributed by atoms with Crippen molar-refractivity contribution in [3.8, 4) is 11.4 Å². The largest absolute Gasteiger partial charge is 0.496 e. The summed E-state index contributed by atoms with van der Waals surface area (Å²) in [6.07, 6.45) is -1.28. The number of piperidine rings is 1. The Morgan fingerprint density at radius 3 is 2.66 bits per heavy atom. The summed E-state index contributed by atoms with van der Waals surface area (Å²) in [4.78, 5) is 0. The molecule has 1 aromatic heterocycles. The van der Waals surface area contributed by atoms with Crippen LogP contribution in [0.3, 0.4) is 0 Å². The fraction of sp³-hybridized carbons (Fsp3) is 0.333. The summed E-state index contributed by atoms with van der Waals surface area (Å²) in [5.41, 5.74) is 1.23. The quantitative estimate of drug-likeness (QED) is 0.586. The van der Waals surface area contributed by atoms with Crippen molar-refractivity contribution in [1.29, 1.82) is 0 Å². The van der Waals surface area contributed by atoms with Gasteiger partial charge in [0.25, 0.3) is 5.82 Å². The minimum atomic E-state index is -4.72. The van der Waals surface area contributed by atoms with E-state index in [2.05, 4.69) is 20.8 Å². The Morgan fingerprint density at radius 2 is 1.94 bits per heavy atom. The maximum atomic E-state index is 13.8. The number of methoxy groups -OCH3 is 1. The van der Waals surface area contributed by atoms with Crippen molar-refractivity contribution in [2.45, 2.75) is 25.1 Å². The second kappa shape index (κ2) is 8.81. The molecule has 3 aromatic rings. The predicted molar refractivity (Wildman–Crippen MR) is 104 cm³/mol. The lowest BCUT2D eigenvalue weighted by atomic mass is 9.82. The molecule has 1 aliphatic heterocycles. The second-order valence-corrected chi connectivity index (χ2v) is 7.42. The van der Waals surface area contributed by atoms with E-state index in [1.165, 1.54) is 31.4 Å². The lowest BCUT2D eigenvalue weighted by molar-refractivity contribution is -0.146. The number of hydrogen-bond donors (Lipinski definition) is 1. The number of alkyl halides is 3. The van der Waals surface area contributed by atoms with Crippen LogP contribution in [0.2, 0.25) is 0 Å². The van der Waals surface area contributed by atoms with Gasteiger partial charge in [0.1, 0.15) is 5.75 Å². The van der Waals surface area contributed by atoms with E-state index in [0.29, 0.717) is 28.1 Å². The third kappa shape index (κ3) is 4.43. The molecule has 0 unspecified atom stereocenters. The molecule has 1 fully saturated rings. The predicted octanol–water partition coefficient (Wildman–Crippen LogP) is 4.26. The summed E-state index contributed by atoms with van der Waals surface area (Å²) >= 11 is 0. The molecule has 0 amide bonds. The summed E-state index contributed by atoms with van der Waals surface area (Å²) < 4.78 is 72.9. The van der Waals surface area contributed by atoms with Crippen molar-refractivity contribution in [3.63, 3.8) is 0 Å². The fourth-order valence-electron chi connectivity index (χ4n) is 3.92. The highest BCUT2D eigenvalue weighted by molar-refractivity contribution is 5.48. The average Bonchev–Trinajstić information content (AvgIpc) is 3.27. The van der Waals surface area contributed by atoms with Crippen molar-refractivity contribution in [2.75, 3.05) is 13.7 Å². The van der Waals surface area contributed by atoms with Crippen LogP contribution in [0.25, 0.3) is 5.69 Å². The molecule has 2 atom stereocenters. The zero-order valence-corrected chi connectivity index (χ0v) is 16.9. The molecule has 0 saturated carbocycles. The van der Waals surface area contributed by atoms with Crippen LogP contribution in [0.15, 0.2) is 36.4 Å². The van der Waals surface area contributed by atoms with Crippen LogP contribution >= 0.6 is 0 Å². The van der Waals surface area contributed by atoms with Gasteiger partial charge in [-0.2, -0.15) is 17.9 Å². The highest BCUT2D eigenvalue weighted by atomic mass is 19.4. The van der Waals surface area contributed by atoms with Gasteiger partial charge >= 0.3 is 6.18 Å². The van der Waals surface area contributed by atoms with Crippen molar-refractivity contribution in [3.05, 3.63) is 71.4 Å². The van der Waals surface area contributed by atoms with Gasteiger partial charge < -0.3 is 10.1 Å². The molecule has 1 aliphatic rings. The van der Waals surface area contributed by atoms with Crippen molar-refractivity contribution in [1.82, 2.24) is 25.5 Å². The third-order valence-electron chi connectivity index (χ3n) is 5.38. The van der Waals surface area contributed by atoms with Crippen molar-refractivity contribution in [2.24, 2.45) is 5.92 Å². The van der Waals surface area contributed by atoms with Crippen LogP contribution in [0.4, 0.5) is 22.0 Å². The van der Waals surface area contributed by atoms with Gasteiger partial charge in [-0.1, -0.05) is 6.07 Å². The number of aromatic nitrogens is 4. The molecule has 0 aliphatic carbocycles. The summed E-state index contributed by atoms with van der Waals surface area (Å²) in [6.45, 7) is 0.699. The molecule has 0 bridgehead atoms. The normalized spacial score (nSPS) is 19.2. The number of halogens is 5. The monoisotopic (exact) mass is 452 g/mol. The summed E-state index contributed by atoms with van der Waals surface area (Å²) in [6, 6.07) is 7.91. The van der Waals surface area contributed by atoms with Gasteiger partial charge in [0.2, 0.25) is 0 Å². The highest BCUT2D eigenvalue weighted by Crippen LogP contribution is 2.37. The Balaban J connectivity index is 1.67. The summed E-state index contributed by atoms with van der Waals surface area (Å²) in [7, 11) is 1.45. The molecular weight excluding hydrogens is 433 g/mol. The number of tetrazole rings is 1. The molecule has 4 rings (SSSR count). The first-order valence-corrected chi connectivity index (χ1v) is 9.85. The number of ether oxygens (including phenoxy) is 1. The van der Waals surface area contributed by atoms with Crippen LogP contribution in [0.5, 0.6) is 5.75 Å².